The van der Waals surface area contributed by atoms with E-state index in [0.717, 1.165) is 23.7 Å². The molecule has 1 aliphatic carbocycles. The Labute approximate surface area is 264 Å². The molecule has 7 rings (SSSR count). The molecule has 9 nitrogen and oxygen atoms in total. The van der Waals surface area contributed by atoms with Crippen molar-refractivity contribution in [1.82, 2.24) is 14.5 Å². The number of likely N-dealkylation sites (tertiary alicyclic amines) is 1. The van der Waals surface area contributed by atoms with Gasteiger partial charge >= 0.3 is 29.6 Å². The van der Waals surface area contributed by atoms with Crippen LogP contribution in [-0.2, 0) is 0 Å². The Morgan fingerprint density at radius 2 is 1.81 bits per heavy atom. The van der Waals surface area contributed by atoms with Crippen molar-refractivity contribution >= 4 is 28.6 Å². The molecule has 4 heterocycles. The minimum atomic E-state index is -1.36. The van der Waals surface area contributed by atoms with E-state index in [2.05, 4.69) is 15.7 Å². The van der Waals surface area contributed by atoms with Gasteiger partial charge in [0.15, 0.2) is 5.78 Å². The van der Waals surface area contributed by atoms with Gasteiger partial charge in [-0.15, -0.1) is 0 Å². The average molecular weight is 574 g/mol. The number of pyridine rings is 1. The first-order valence-electron chi connectivity index (χ1n) is 13.9. The third-order valence-electron chi connectivity index (χ3n) is 8.56. The van der Waals surface area contributed by atoms with Crippen LogP contribution in [-0.4, -0.2) is 57.9 Å². The standard InChI is InChI=1S/C32H29N3O6.Na/c1-40-29-17-21(16-26-23(29)7-11-35(26)22-3-4-22)30(37)34-12-8-32(9-13-34)18-27(36)24-14-19(2-5-28(24)41-32)20-6-10-33-25(15-20)31(38)39;/h2,5-7,10-11,14-17,22H,3-4,8-9,12-13,18H2,1H3,(H,38,39);/q;+1/p-1. The molecule has 10 heteroatoms. The monoisotopic (exact) mass is 573 g/mol. The van der Waals surface area contributed by atoms with Crippen LogP contribution >= 0.6 is 0 Å². The van der Waals surface area contributed by atoms with E-state index in [4.69, 9.17) is 9.47 Å². The summed E-state index contributed by atoms with van der Waals surface area (Å²) in [6.45, 7) is 0.957. The normalized spacial score (nSPS) is 17.4. The molecule has 2 aromatic heterocycles. The topological polar surface area (TPSA) is 114 Å². The van der Waals surface area contributed by atoms with Gasteiger partial charge in [-0.2, -0.15) is 0 Å². The number of carboxylic acid groups (broad SMARTS) is 1. The van der Waals surface area contributed by atoms with Crippen LogP contribution in [0.4, 0.5) is 0 Å². The molecule has 0 unspecified atom stereocenters. The number of methoxy groups -OCH3 is 1. The van der Waals surface area contributed by atoms with E-state index in [1.165, 1.54) is 12.3 Å². The van der Waals surface area contributed by atoms with Crippen molar-refractivity contribution in [2.24, 2.45) is 0 Å². The summed E-state index contributed by atoms with van der Waals surface area (Å²) >= 11 is 0. The molecule has 1 amide bonds. The third kappa shape index (κ3) is 4.99. The Hall–Kier alpha value is -3.66. The molecular formula is C32H28N3NaO6. The molecule has 4 aromatic rings. The molecule has 0 N–H and O–H groups in total. The number of carbonyl (C=O) groups excluding carboxylic acids is 3. The van der Waals surface area contributed by atoms with Gasteiger partial charge in [-0.1, -0.05) is 6.07 Å². The Bertz CT molecular complexity index is 1740. The number of benzene rings is 2. The van der Waals surface area contributed by atoms with Gasteiger partial charge in [0.05, 0.1) is 36.3 Å². The van der Waals surface area contributed by atoms with E-state index in [0.29, 0.717) is 65.7 Å². The predicted octanol–water partition coefficient (Wildman–Crippen LogP) is 1.05. The number of aromatic carboxylic acids is 1. The van der Waals surface area contributed by atoms with Crippen molar-refractivity contribution in [2.75, 3.05) is 20.2 Å². The molecule has 0 bridgehead atoms. The van der Waals surface area contributed by atoms with Gasteiger partial charge in [0.2, 0.25) is 0 Å². The molecule has 0 radical (unpaired) electrons. The fourth-order valence-corrected chi connectivity index (χ4v) is 6.17. The van der Waals surface area contributed by atoms with Gasteiger partial charge in [-0.3, -0.25) is 14.6 Å². The van der Waals surface area contributed by atoms with Crippen LogP contribution in [0.2, 0.25) is 0 Å². The Kier molecular flexibility index (Phi) is 7.37. The second-order valence-electron chi connectivity index (χ2n) is 11.2. The summed E-state index contributed by atoms with van der Waals surface area (Å²) in [5.41, 5.74) is 2.58. The first-order chi connectivity index (χ1) is 19.8. The predicted molar refractivity (Wildman–Crippen MR) is 148 cm³/mol. The van der Waals surface area contributed by atoms with Crippen molar-refractivity contribution in [3.63, 3.8) is 0 Å². The fraction of sp³-hybridized carbons (Fsp3) is 0.312. The van der Waals surface area contributed by atoms with Gasteiger partial charge in [0, 0.05) is 55.3 Å². The SMILES string of the molecule is COc1cc(C(=O)N2CCC3(CC2)CC(=O)c2cc(-c4ccnc(C(=O)[O-])c4)ccc2O3)cc2c1ccn2C1CC1.[Na+]. The van der Waals surface area contributed by atoms with Crippen molar-refractivity contribution in [3.05, 3.63) is 77.7 Å². The molecule has 1 spiro atoms. The van der Waals surface area contributed by atoms with Gasteiger partial charge in [-0.25, -0.2) is 0 Å². The molecule has 2 aromatic carbocycles. The zero-order valence-electron chi connectivity index (χ0n) is 23.6. The number of ketones is 1. The van der Waals surface area contributed by atoms with E-state index in [1.54, 1.807) is 31.4 Å². The summed E-state index contributed by atoms with van der Waals surface area (Å²) in [4.78, 5) is 43.8. The van der Waals surface area contributed by atoms with Crippen LogP contribution in [0, 0.1) is 0 Å². The quantitative estimate of drug-likeness (QED) is 0.328. The first-order valence-corrected chi connectivity index (χ1v) is 13.9. The maximum atomic E-state index is 13.6. The number of nitrogens with zero attached hydrogens (tertiary/aromatic N) is 3. The second kappa shape index (κ2) is 10.9. The van der Waals surface area contributed by atoms with Crippen LogP contribution in [0.1, 0.15) is 69.4 Å². The molecule has 2 fully saturated rings. The van der Waals surface area contributed by atoms with E-state index in [-0.39, 0.29) is 53.4 Å². The number of amides is 1. The van der Waals surface area contributed by atoms with E-state index >= 15 is 0 Å². The summed E-state index contributed by atoms with van der Waals surface area (Å²) in [5.74, 6) is -0.237. The zero-order chi connectivity index (χ0) is 28.3. The molecule has 1 saturated carbocycles. The number of carboxylic acids is 1. The summed E-state index contributed by atoms with van der Waals surface area (Å²) < 4.78 is 14.3. The summed E-state index contributed by atoms with van der Waals surface area (Å²) in [6.07, 6.45) is 7.08. The van der Waals surface area contributed by atoms with Gasteiger partial charge in [0.1, 0.15) is 17.1 Å². The molecule has 2 aliphatic heterocycles. The summed E-state index contributed by atoms with van der Waals surface area (Å²) in [5, 5.41) is 12.2. The van der Waals surface area contributed by atoms with Crippen molar-refractivity contribution in [3.8, 4) is 22.6 Å². The number of hydrogen-bond donors (Lipinski definition) is 0. The van der Waals surface area contributed by atoms with Crippen LogP contribution < -0.4 is 44.1 Å². The molecule has 3 aliphatic rings. The Morgan fingerprint density at radius 1 is 1.05 bits per heavy atom. The van der Waals surface area contributed by atoms with Crippen LogP contribution in [0.5, 0.6) is 11.5 Å². The van der Waals surface area contributed by atoms with Gasteiger partial charge in [0.25, 0.3) is 5.91 Å². The maximum absolute atomic E-state index is 13.6. The number of hydrogen-bond acceptors (Lipinski definition) is 7. The number of ether oxygens (including phenoxy) is 2. The average Bonchev–Trinajstić information content (AvgIpc) is 3.74. The molecule has 42 heavy (non-hydrogen) atoms. The summed E-state index contributed by atoms with van der Waals surface area (Å²) in [7, 11) is 1.63. The number of aromatic nitrogens is 2. The van der Waals surface area contributed by atoms with E-state index < -0.39 is 11.6 Å². The molecule has 208 valence electrons. The molecular weight excluding hydrogens is 545 g/mol. The first kappa shape index (κ1) is 28.5. The van der Waals surface area contributed by atoms with Crippen LogP contribution in [0.3, 0.4) is 0 Å². The number of carbonyl (C=O) groups is 3. The number of Topliss-reactive ketones (excluding diaryl/α,β-unsaturated/α-hetero) is 1. The molecule has 0 atom stereocenters. The van der Waals surface area contributed by atoms with Crippen molar-refractivity contribution < 1.29 is 58.5 Å². The van der Waals surface area contributed by atoms with Crippen molar-refractivity contribution in [1.29, 1.82) is 0 Å². The summed E-state index contributed by atoms with van der Waals surface area (Å²) in [6, 6.07) is 14.7. The number of fused-ring (bicyclic) bond motifs is 2. The minimum absolute atomic E-state index is 0. The molecule has 1 saturated heterocycles. The Morgan fingerprint density at radius 3 is 2.52 bits per heavy atom. The van der Waals surface area contributed by atoms with Crippen LogP contribution in [0.15, 0.2) is 60.9 Å². The zero-order valence-corrected chi connectivity index (χ0v) is 25.6. The fourth-order valence-electron chi connectivity index (χ4n) is 6.17. The third-order valence-corrected chi connectivity index (χ3v) is 8.56. The largest absolute Gasteiger partial charge is 1.00 e. The smallest absolute Gasteiger partial charge is 0.543 e. The van der Waals surface area contributed by atoms with E-state index in [1.807, 2.05) is 23.1 Å². The maximum Gasteiger partial charge on any atom is 1.00 e. The van der Waals surface area contributed by atoms with Gasteiger partial charge < -0.3 is 28.8 Å². The Balaban J connectivity index is 0.00000316. The number of rotatable bonds is 5. The van der Waals surface area contributed by atoms with Gasteiger partial charge in [-0.05, 0) is 66.4 Å². The second-order valence-corrected chi connectivity index (χ2v) is 11.2. The van der Waals surface area contributed by atoms with E-state index in [9.17, 15) is 19.5 Å². The number of piperidine rings is 1. The van der Waals surface area contributed by atoms with Crippen LogP contribution in [0.25, 0.3) is 22.0 Å². The minimum Gasteiger partial charge on any atom is -0.543 e. The van der Waals surface area contributed by atoms with Crippen molar-refractivity contribution in [2.45, 2.75) is 43.7 Å².